The summed E-state index contributed by atoms with van der Waals surface area (Å²) in [5.41, 5.74) is 4.91. The summed E-state index contributed by atoms with van der Waals surface area (Å²) in [5, 5.41) is 18.0. The van der Waals surface area contributed by atoms with Gasteiger partial charge >= 0.3 is 0 Å². The number of anilines is 1. The lowest BCUT2D eigenvalue weighted by atomic mass is 10.1. The van der Waals surface area contributed by atoms with Gasteiger partial charge in [-0.05, 0) is 51.6 Å². The third kappa shape index (κ3) is 4.83. The van der Waals surface area contributed by atoms with E-state index in [1.807, 2.05) is 61.9 Å². The highest BCUT2D eigenvalue weighted by Gasteiger charge is 2.21. The van der Waals surface area contributed by atoms with Crippen LogP contribution < -0.4 is 15.0 Å². The smallest absolute Gasteiger partial charge is 0.179 e. The monoisotopic (exact) mass is 444 g/mol. The Morgan fingerprint density at radius 2 is 1.73 bits per heavy atom. The lowest BCUT2D eigenvalue weighted by Gasteiger charge is -2.21. The molecule has 0 radical (unpaired) electrons. The normalized spacial score (nSPS) is 12.2. The van der Waals surface area contributed by atoms with E-state index in [1.165, 1.54) is 5.56 Å². The molecule has 0 fully saturated rings. The fourth-order valence-corrected chi connectivity index (χ4v) is 4.14. The molecule has 4 rings (SSSR count). The van der Waals surface area contributed by atoms with Crippen molar-refractivity contribution in [3.63, 3.8) is 0 Å². The average molecular weight is 445 g/mol. The van der Waals surface area contributed by atoms with E-state index in [2.05, 4.69) is 52.8 Å². The number of ether oxygens (including phenoxy) is 1. The summed E-state index contributed by atoms with van der Waals surface area (Å²) in [6.07, 6.45) is 1.78. The Balaban J connectivity index is 1.74. The number of nitrogens with zero attached hydrogens (tertiary/aromatic N) is 5. The van der Waals surface area contributed by atoms with Crippen molar-refractivity contribution in [2.45, 2.75) is 32.8 Å². The number of rotatable bonds is 9. The van der Waals surface area contributed by atoms with E-state index in [9.17, 15) is 0 Å². The van der Waals surface area contributed by atoms with Crippen LogP contribution in [0.25, 0.3) is 16.6 Å². The summed E-state index contributed by atoms with van der Waals surface area (Å²) in [5.74, 6) is 1.57. The van der Waals surface area contributed by atoms with Crippen molar-refractivity contribution in [2.24, 2.45) is 0 Å². The first kappa shape index (κ1) is 22.7. The SMILES string of the molecule is CNCCC(Cc1ccccc1)Oc1ccccc1-n1nc2c(N(C)C)nnc(C)c2c1C. The molecule has 0 saturated heterocycles. The van der Waals surface area contributed by atoms with Crippen LogP contribution in [0.1, 0.15) is 23.4 Å². The Morgan fingerprint density at radius 3 is 2.45 bits per heavy atom. The van der Waals surface area contributed by atoms with Crippen molar-refractivity contribution in [3.8, 4) is 11.4 Å². The van der Waals surface area contributed by atoms with Crippen LogP contribution in [-0.2, 0) is 6.42 Å². The van der Waals surface area contributed by atoms with Crippen LogP contribution in [0, 0.1) is 13.8 Å². The first-order valence-corrected chi connectivity index (χ1v) is 11.3. The number of hydrogen-bond acceptors (Lipinski definition) is 6. The van der Waals surface area contributed by atoms with Crippen molar-refractivity contribution < 1.29 is 4.74 Å². The highest BCUT2D eigenvalue weighted by molar-refractivity contribution is 5.92. The summed E-state index contributed by atoms with van der Waals surface area (Å²) in [6.45, 7) is 4.93. The Bertz CT molecular complexity index is 1220. The van der Waals surface area contributed by atoms with Crippen LogP contribution >= 0.6 is 0 Å². The van der Waals surface area contributed by atoms with Crippen molar-refractivity contribution in [2.75, 3.05) is 32.6 Å². The zero-order valence-electron chi connectivity index (χ0n) is 20.0. The molecule has 0 aliphatic carbocycles. The van der Waals surface area contributed by atoms with E-state index in [0.717, 1.165) is 58.9 Å². The fourth-order valence-electron chi connectivity index (χ4n) is 4.14. The van der Waals surface area contributed by atoms with Crippen molar-refractivity contribution in [1.29, 1.82) is 0 Å². The molecule has 2 heterocycles. The van der Waals surface area contributed by atoms with Crippen molar-refractivity contribution >= 4 is 16.7 Å². The molecule has 0 bridgehead atoms. The van der Waals surface area contributed by atoms with Crippen LogP contribution in [0.5, 0.6) is 5.75 Å². The van der Waals surface area contributed by atoms with E-state index in [1.54, 1.807) is 0 Å². The van der Waals surface area contributed by atoms with Gasteiger partial charge in [-0.1, -0.05) is 42.5 Å². The number of hydrogen-bond donors (Lipinski definition) is 1. The molecule has 4 aromatic rings. The molecule has 172 valence electrons. The van der Waals surface area contributed by atoms with Crippen LogP contribution in [0.2, 0.25) is 0 Å². The highest BCUT2D eigenvalue weighted by atomic mass is 16.5. The van der Waals surface area contributed by atoms with E-state index in [-0.39, 0.29) is 6.10 Å². The molecule has 1 unspecified atom stereocenters. The number of nitrogens with one attached hydrogen (secondary N) is 1. The molecule has 2 aromatic heterocycles. The number of aryl methyl sites for hydroxylation is 2. The van der Waals surface area contributed by atoms with E-state index >= 15 is 0 Å². The van der Waals surface area contributed by atoms with E-state index in [4.69, 9.17) is 9.84 Å². The summed E-state index contributed by atoms with van der Waals surface area (Å²) >= 11 is 0. The Morgan fingerprint density at radius 1 is 1.00 bits per heavy atom. The first-order chi connectivity index (χ1) is 16.0. The minimum absolute atomic E-state index is 0.0358. The quantitative estimate of drug-likeness (QED) is 0.419. The van der Waals surface area contributed by atoms with Crippen LogP contribution in [0.15, 0.2) is 54.6 Å². The van der Waals surface area contributed by atoms with Gasteiger partial charge in [-0.15, -0.1) is 5.10 Å². The lowest BCUT2D eigenvalue weighted by molar-refractivity contribution is 0.191. The topological polar surface area (TPSA) is 68.1 Å². The summed E-state index contributed by atoms with van der Waals surface area (Å²) in [7, 11) is 5.89. The maximum absolute atomic E-state index is 6.62. The second-order valence-corrected chi connectivity index (χ2v) is 8.51. The fraction of sp³-hybridized carbons (Fsp3) is 0.346. The van der Waals surface area contributed by atoms with Gasteiger partial charge in [0.1, 0.15) is 23.1 Å². The summed E-state index contributed by atoms with van der Waals surface area (Å²) in [4.78, 5) is 1.95. The number of fused-ring (bicyclic) bond motifs is 1. The maximum atomic E-state index is 6.62. The van der Waals surface area contributed by atoms with Crippen molar-refractivity contribution in [1.82, 2.24) is 25.3 Å². The maximum Gasteiger partial charge on any atom is 0.179 e. The molecular weight excluding hydrogens is 412 g/mol. The molecule has 0 spiro atoms. The standard InChI is InChI=1S/C26H32N6O/c1-18-24-19(2)32(30-25(24)26(29-28-18)31(4)5)22-13-9-10-14-23(22)33-21(15-16-27-3)17-20-11-7-6-8-12-20/h6-14,21,27H,15-17H2,1-5H3. The molecule has 1 atom stereocenters. The van der Waals surface area contributed by atoms with Gasteiger partial charge < -0.3 is 15.0 Å². The van der Waals surface area contributed by atoms with Crippen LogP contribution in [0.4, 0.5) is 5.82 Å². The molecule has 0 aliphatic rings. The molecule has 33 heavy (non-hydrogen) atoms. The summed E-state index contributed by atoms with van der Waals surface area (Å²) in [6, 6.07) is 18.6. The van der Waals surface area contributed by atoms with Gasteiger partial charge in [-0.3, -0.25) is 0 Å². The molecule has 0 amide bonds. The predicted molar refractivity (Wildman–Crippen MR) is 134 cm³/mol. The zero-order valence-corrected chi connectivity index (χ0v) is 20.0. The summed E-state index contributed by atoms with van der Waals surface area (Å²) < 4.78 is 8.58. The minimum Gasteiger partial charge on any atom is -0.488 e. The molecule has 7 heteroatoms. The number of para-hydroxylation sites is 2. The van der Waals surface area contributed by atoms with Gasteiger partial charge in [0.15, 0.2) is 5.82 Å². The second-order valence-electron chi connectivity index (χ2n) is 8.51. The Kier molecular flexibility index (Phi) is 6.89. The zero-order chi connectivity index (χ0) is 23.4. The Hall–Kier alpha value is -3.45. The van der Waals surface area contributed by atoms with Crippen LogP contribution in [0.3, 0.4) is 0 Å². The molecule has 1 N–H and O–H groups in total. The molecule has 7 nitrogen and oxygen atoms in total. The van der Waals surface area contributed by atoms with Gasteiger partial charge in [0.25, 0.3) is 0 Å². The predicted octanol–water partition coefficient (Wildman–Crippen LogP) is 4.10. The van der Waals surface area contributed by atoms with Crippen molar-refractivity contribution in [3.05, 3.63) is 71.5 Å². The third-order valence-corrected chi connectivity index (χ3v) is 5.82. The van der Waals surface area contributed by atoms with Gasteiger partial charge in [0.05, 0.1) is 16.8 Å². The molecular formula is C26H32N6O. The Labute approximate surface area is 195 Å². The van der Waals surface area contributed by atoms with Gasteiger partial charge in [0.2, 0.25) is 0 Å². The van der Waals surface area contributed by atoms with Crippen LogP contribution in [-0.4, -0.2) is 53.8 Å². The van der Waals surface area contributed by atoms with Gasteiger partial charge in [0, 0.05) is 20.5 Å². The average Bonchev–Trinajstić information content (AvgIpc) is 3.16. The molecule has 0 saturated carbocycles. The first-order valence-electron chi connectivity index (χ1n) is 11.3. The minimum atomic E-state index is 0.0358. The van der Waals surface area contributed by atoms with E-state index in [0.29, 0.717) is 0 Å². The number of benzene rings is 2. The third-order valence-electron chi connectivity index (χ3n) is 5.82. The lowest BCUT2D eigenvalue weighted by Crippen LogP contribution is -2.25. The van der Waals surface area contributed by atoms with Gasteiger partial charge in [-0.2, -0.15) is 10.2 Å². The van der Waals surface area contributed by atoms with E-state index < -0.39 is 0 Å². The van der Waals surface area contributed by atoms with Gasteiger partial charge in [-0.25, -0.2) is 4.68 Å². The molecule has 0 aliphatic heterocycles. The largest absolute Gasteiger partial charge is 0.488 e. The highest BCUT2D eigenvalue weighted by Crippen LogP contribution is 2.32. The second kappa shape index (κ2) is 10.0. The molecule has 2 aromatic carbocycles. The number of aromatic nitrogens is 4.